The number of aryl methyl sites for hydroxylation is 1. The minimum Gasteiger partial charge on any atom is -0.264 e. The van der Waals surface area contributed by atoms with Gasteiger partial charge in [0.15, 0.2) is 0 Å². The summed E-state index contributed by atoms with van der Waals surface area (Å²) in [7, 11) is -3.54. The molecule has 3 nitrogen and oxygen atoms in total. The molecule has 4 heteroatoms. The highest BCUT2D eigenvalue weighted by Gasteiger charge is 2.20. The number of hydrogen-bond acceptors (Lipinski definition) is 3. The molecule has 2 rings (SSSR count). The van der Waals surface area contributed by atoms with Crippen LogP contribution in [0.15, 0.2) is 60.3 Å². The van der Waals surface area contributed by atoms with Crippen LogP contribution in [0, 0.1) is 6.92 Å². The van der Waals surface area contributed by atoms with Crippen molar-refractivity contribution in [2.45, 2.75) is 11.8 Å². The first-order valence-corrected chi connectivity index (χ1v) is 6.91. The average Bonchev–Trinajstić information content (AvgIpc) is 2.39. The maximum absolute atomic E-state index is 12.3. The quantitative estimate of drug-likeness (QED) is 0.851. The van der Waals surface area contributed by atoms with E-state index in [-0.39, 0.29) is 9.80 Å². The van der Waals surface area contributed by atoms with Crippen molar-refractivity contribution in [3.63, 3.8) is 0 Å². The van der Waals surface area contributed by atoms with Crippen LogP contribution in [0.2, 0.25) is 0 Å². The van der Waals surface area contributed by atoms with Crippen molar-refractivity contribution in [2.24, 2.45) is 0 Å². The zero-order valence-corrected chi connectivity index (χ0v) is 10.8. The Kier molecular flexibility index (Phi) is 3.30. The number of aromatic nitrogens is 1. The predicted octanol–water partition coefficient (Wildman–Crippen LogP) is 2.83. The Morgan fingerprint density at radius 3 is 2.39 bits per heavy atom. The fraction of sp³-hybridized carbons (Fsp3) is 0.0714. The number of hydrogen-bond donors (Lipinski definition) is 0. The molecule has 0 N–H and O–H groups in total. The van der Waals surface area contributed by atoms with E-state index >= 15 is 0 Å². The van der Waals surface area contributed by atoms with Gasteiger partial charge in [0, 0.05) is 18.0 Å². The van der Waals surface area contributed by atoms with Gasteiger partial charge in [-0.15, -0.1) is 0 Å². The third-order valence-corrected chi connectivity index (χ3v) is 4.42. The second kappa shape index (κ2) is 4.74. The molecule has 0 atom stereocenters. The Morgan fingerprint density at radius 2 is 1.83 bits per heavy atom. The van der Waals surface area contributed by atoms with E-state index in [4.69, 9.17) is 0 Å². The molecule has 2 aromatic rings. The molecule has 0 aliphatic rings. The molecule has 1 heterocycles. The van der Waals surface area contributed by atoms with Crippen LogP contribution in [0.25, 0.3) is 4.91 Å². The van der Waals surface area contributed by atoms with E-state index in [1.54, 1.807) is 42.6 Å². The van der Waals surface area contributed by atoms with Crippen molar-refractivity contribution < 1.29 is 8.42 Å². The first-order valence-electron chi connectivity index (χ1n) is 5.43. The molecule has 0 bridgehead atoms. The first-order chi connectivity index (χ1) is 8.51. The van der Waals surface area contributed by atoms with E-state index in [0.29, 0.717) is 5.56 Å². The van der Waals surface area contributed by atoms with Crippen LogP contribution in [-0.2, 0) is 9.84 Å². The average molecular weight is 259 g/mol. The highest BCUT2D eigenvalue weighted by Crippen LogP contribution is 2.25. The molecule has 0 aliphatic heterocycles. The van der Waals surface area contributed by atoms with Gasteiger partial charge in [0.05, 0.1) is 9.80 Å². The summed E-state index contributed by atoms with van der Waals surface area (Å²) in [6, 6.07) is 10.1. The molecule has 0 unspecified atom stereocenters. The predicted molar refractivity (Wildman–Crippen MR) is 71.6 cm³/mol. The first kappa shape index (κ1) is 12.5. The maximum Gasteiger partial charge on any atom is 0.206 e. The summed E-state index contributed by atoms with van der Waals surface area (Å²) in [5, 5.41) is 0. The van der Waals surface area contributed by atoms with Gasteiger partial charge in [-0.05, 0) is 25.1 Å². The summed E-state index contributed by atoms with van der Waals surface area (Å²) in [5.74, 6) is 0. The minimum absolute atomic E-state index is 0.0689. The summed E-state index contributed by atoms with van der Waals surface area (Å²) in [6.07, 6.45) is 3.09. The van der Waals surface area contributed by atoms with Gasteiger partial charge >= 0.3 is 0 Å². The van der Waals surface area contributed by atoms with Gasteiger partial charge in [0.1, 0.15) is 0 Å². The van der Waals surface area contributed by atoms with Crippen molar-refractivity contribution in [1.82, 2.24) is 4.98 Å². The molecule has 0 saturated carbocycles. The molecule has 0 spiro atoms. The van der Waals surface area contributed by atoms with Gasteiger partial charge in [0.25, 0.3) is 0 Å². The Labute approximate surface area is 107 Å². The molecule has 1 aromatic heterocycles. The van der Waals surface area contributed by atoms with E-state index in [2.05, 4.69) is 11.6 Å². The van der Waals surface area contributed by atoms with Gasteiger partial charge < -0.3 is 0 Å². The highest BCUT2D eigenvalue weighted by molar-refractivity contribution is 8.00. The smallest absolute Gasteiger partial charge is 0.206 e. The number of sulfone groups is 1. The molecule has 0 amide bonds. The number of benzene rings is 1. The van der Waals surface area contributed by atoms with Gasteiger partial charge in [-0.2, -0.15) is 0 Å². The molecule has 0 aliphatic carbocycles. The Morgan fingerprint density at radius 1 is 1.17 bits per heavy atom. The summed E-state index contributed by atoms with van der Waals surface area (Å²) in [6.45, 7) is 5.58. The van der Waals surface area contributed by atoms with Gasteiger partial charge in [-0.3, -0.25) is 4.98 Å². The number of rotatable bonds is 3. The SMILES string of the molecule is C=C(c1cccnc1)S(=O)(=O)c1ccc(C)cc1. The standard InChI is InChI=1S/C14H13NO2S/c1-11-5-7-14(8-6-11)18(16,17)12(2)13-4-3-9-15-10-13/h3-10H,2H2,1H3. The summed E-state index contributed by atoms with van der Waals surface area (Å²) < 4.78 is 24.6. The number of nitrogens with zero attached hydrogens (tertiary/aromatic N) is 1. The lowest BCUT2D eigenvalue weighted by atomic mass is 10.2. The molecule has 1 aromatic carbocycles. The Balaban J connectivity index is 2.44. The Bertz CT molecular complexity index is 659. The molecular formula is C14H13NO2S. The van der Waals surface area contributed by atoms with Gasteiger partial charge in [-0.25, -0.2) is 8.42 Å². The van der Waals surface area contributed by atoms with Crippen molar-refractivity contribution in [1.29, 1.82) is 0 Å². The van der Waals surface area contributed by atoms with Crippen LogP contribution in [-0.4, -0.2) is 13.4 Å². The fourth-order valence-electron chi connectivity index (χ4n) is 1.54. The number of pyridine rings is 1. The fourth-order valence-corrected chi connectivity index (χ4v) is 2.75. The molecule has 0 fully saturated rings. The minimum atomic E-state index is -3.54. The maximum atomic E-state index is 12.3. The lowest BCUT2D eigenvalue weighted by molar-refractivity contribution is 0.606. The second-order valence-electron chi connectivity index (χ2n) is 3.98. The summed E-state index contributed by atoms with van der Waals surface area (Å²) >= 11 is 0. The largest absolute Gasteiger partial charge is 0.264 e. The van der Waals surface area contributed by atoms with Crippen molar-refractivity contribution >= 4 is 14.7 Å². The van der Waals surface area contributed by atoms with Crippen molar-refractivity contribution in [3.05, 3.63) is 66.5 Å². The monoisotopic (exact) mass is 259 g/mol. The van der Waals surface area contributed by atoms with E-state index in [1.807, 2.05) is 6.92 Å². The van der Waals surface area contributed by atoms with Crippen LogP contribution >= 0.6 is 0 Å². The van der Waals surface area contributed by atoms with Crippen molar-refractivity contribution in [3.8, 4) is 0 Å². The lowest BCUT2D eigenvalue weighted by Crippen LogP contribution is -2.03. The molecule has 18 heavy (non-hydrogen) atoms. The normalized spacial score (nSPS) is 11.2. The van der Waals surface area contributed by atoms with E-state index in [0.717, 1.165) is 5.56 Å². The van der Waals surface area contributed by atoms with Crippen LogP contribution in [0.4, 0.5) is 0 Å². The van der Waals surface area contributed by atoms with Crippen LogP contribution in [0.1, 0.15) is 11.1 Å². The van der Waals surface area contributed by atoms with E-state index in [1.165, 1.54) is 6.20 Å². The van der Waals surface area contributed by atoms with Crippen LogP contribution < -0.4 is 0 Å². The van der Waals surface area contributed by atoms with E-state index in [9.17, 15) is 8.42 Å². The van der Waals surface area contributed by atoms with Gasteiger partial charge in [0.2, 0.25) is 9.84 Å². The van der Waals surface area contributed by atoms with E-state index < -0.39 is 9.84 Å². The summed E-state index contributed by atoms with van der Waals surface area (Å²) in [5.41, 5.74) is 1.53. The third-order valence-electron chi connectivity index (χ3n) is 2.64. The lowest BCUT2D eigenvalue weighted by Gasteiger charge is -2.07. The highest BCUT2D eigenvalue weighted by atomic mass is 32.2. The Hall–Kier alpha value is -1.94. The zero-order chi connectivity index (χ0) is 13.2. The third kappa shape index (κ3) is 2.33. The second-order valence-corrected chi connectivity index (χ2v) is 5.95. The molecule has 92 valence electrons. The van der Waals surface area contributed by atoms with Crippen molar-refractivity contribution in [2.75, 3.05) is 0 Å². The molecule has 0 radical (unpaired) electrons. The zero-order valence-electron chi connectivity index (χ0n) is 10.00. The summed E-state index contributed by atoms with van der Waals surface area (Å²) in [4.78, 5) is 4.22. The van der Waals surface area contributed by atoms with Crippen LogP contribution in [0.5, 0.6) is 0 Å². The van der Waals surface area contributed by atoms with Gasteiger partial charge in [-0.1, -0.05) is 30.3 Å². The van der Waals surface area contributed by atoms with Crippen LogP contribution in [0.3, 0.4) is 0 Å². The molecule has 0 saturated heterocycles. The molecular weight excluding hydrogens is 246 g/mol. The topological polar surface area (TPSA) is 47.0 Å².